The molecule has 2 aliphatic carbocycles. The summed E-state index contributed by atoms with van der Waals surface area (Å²) in [6, 6.07) is 72.5. The fraction of sp³-hybridized carbons (Fsp3) is 0.0714. The van der Waals surface area contributed by atoms with Crippen molar-refractivity contribution in [1.82, 2.24) is 0 Å². The van der Waals surface area contributed by atoms with E-state index < -0.39 is 5.41 Å². The first-order valence-corrected chi connectivity index (χ1v) is 20.3. The van der Waals surface area contributed by atoms with Gasteiger partial charge < -0.3 is 9.64 Å². The van der Waals surface area contributed by atoms with Crippen LogP contribution in [0, 0.1) is 5.92 Å². The van der Waals surface area contributed by atoms with Crippen LogP contribution in [0.3, 0.4) is 0 Å². The van der Waals surface area contributed by atoms with Gasteiger partial charge in [0.2, 0.25) is 0 Å². The van der Waals surface area contributed by atoms with Crippen molar-refractivity contribution < 1.29 is 4.74 Å². The van der Waals surface area contributed by atoms with Crippen LogP contribution < -0.4 is 9.64 Å². The zero-order chi connectivity index (χ0) is 38.6. The molecule has 1 unspecified atom stereocenters. The molecule has 58 heavy (non-hydrogen) atoms. The molecule has 8 aromatic carbocycles. The number of ether oxygens (including phenoxy) is 1. The number of fused-ring (bicyclic) bond motifs is 8. The van der Waals surface area contributed by atoms with E-state index in [9.17, 15) is 0 Å². The van der Waals surface area contributed by atoms with Gasteiger partial charge in [0.05, 0.1) is 5.41 Å². The van der Waals surface area contributed by atoms with Crippen molar-refractivity contribution in [3.8, 4) is 44.9 Å². The van der Waals surface area contributed by atoms with Gasteiger partial charge in [-0.05, 0) is 123 Å². The summed E-state index contributed by atoms with van der Waals surface area (Å²) in [6.07, 6.45) is 5.82. The van der Waals surface area contributed by atoms with Crippen molar-refractivity contribution in [2.24, 2.45) is 5.92 Å². The Morgan fingerprint density at radius 1 is 0.448 bits per heavy atom. The number of hydrogen-bond acceptors (Lipinski definition) is 2. The minimum Gasteiger partial charge on any atom is -0.457 e. The van der Waals surface area contributed by atoms with Crippen LogP contribution in [-0.2, 0) is 5.41 Å². The maximum Gasteiger partial charge on any atom is 0.132 e. The van der Waals surface area contributed by atoms with Gasteiger partial charge in [0.15, 0.2) is 0 Å². The summed E-state index contributed by atoms with van der Waals surface area (Å²) >= 11 is 0. The third kappa shape index (κ3) is 5.48. The van der Waals surface area contributed by atoms with Gasteiger partial charge in [-0.1, -0.05) is 165 Å². The molecule has 3 aliphatic rings. The average Bonchev–Trinajstić information content (AvgIpc) is 3.57. The molecule has 0 aromatic heterocycles. The molecular formula is C56H41NO. The van der Waals surface area contributed by atoms with Gasteiger partial charge in [-0.25, -0.2) is 0 Å². The van der Waals surface area contributed by atoms with Gasteiger partial charge in [-0.15, -0.1) is 0 Å². The van der Waals surface area contributed by atoms with Crippen molar-refractivity contribution in [1.29, 1.82) is 0 Å². The van der Waals surface area contributed by atoms with E-state index in [4.69, 9.17) is 4.74 Å². The van der Waals surface area contributed by atoms with Crippen molar-refractivity contribution in [3.05, 3.63) is 240 Å². The molecule has 0 amide bonds. The summed E-state index contributed by atoms with van der Waals surface area (Å²) in [5, 5.41) is 0. The number of rotatable bonds is 6. The van der Waals surface area contributed by atoms with Crippen molar-refractivity contribution >= 4 is 22.6 Å². The lowest BCUT2D eigenvalue weighted by Crippen LogP contribution is -2.33. The van der Waals surface area contributed by atoms with Gasteiger partial charge in [0, 0.05) is 28.2 Å². The van der Waals surface area contributed by atoms with Gasteiger partial charge in [0.25, 0.3) is 0 Å². The van der Waals surface area contributed by atoms with Gasteiger partial charge in [-0.2, -0.15) is 0 Å². The van der Waals surface area contributed by atoms with E-state index in [1.165, 1.54) is 66.8 Å². The Hall–Kier alpha value is -7.16. The van der Waals surface area contributed by atoms with Crippen molar-refractivity contribution in [3.63, 3.8) is 0 Å². The molecule has 0 bridgehead atoms. The summed E-state index contributed by atoms with van der Waals surface area (Å²) in [5.41, 5.74) is 18.0. The summed E-state index contributed by atoms with van der Waals surface area (Å²) < 4.78 is 6.61. The highest BCUT2D eigenvalue weighted by molar-refractivity contribution is 5.92. The zero-order valence-electron chi connectivity index (χ0n) is 32.3. The average molecular weight is 744 g/mol. The number of anilines is 3. The molecule has 0 N–H and O–H groups in total. The Bertz CT molecular complexity index is 2740. The summed E-state index contributed by atoms with van der Waals surface area (Å²) in [5.74, 6) is 2.33. The van der Waals surface area contributed by atoms with Gasteiger partial charge in [0.1, 0.15) is 11.5 Å². The van der Waals surface area contributed by atoms with E-state index in [0.717, 1.165) is 35.0 Å². The molecule has 1 aliphatic heterocycles. The lowest BCUT2D eigenvalue weighted by Gasteiger charge is -2.40. The number of nitrogens with zero attached hydrogens (tertiary/aromatic N) is 1. The second-order valence-electron chi connectivity index (χ2n) is 15.7. The van der Waals surface area contributed by atoms with E-state index in [0.29, 0.717) is 5.92 Å². The number of hydrogen-bond donors (Lipinski definition) is 0. The highest BCUT2D eigenvalue weighted by Gasteiger charge is 2.52. The molecule has 11 rings (SSSR count). The summed E-state index contributed by atoms with van der Waals surface area (Å²) in [4.78, 5) is 2.35. The SMILES string of the molecule is CC1C=CC2=C(C1)c1ccc(-c3ccc(N(c4ccc(-c5ccccc5)cc4)c4ccc(-c5ccccc5)cc4)cc3)cc1C21c2ccccc2Oc2ccccc21. The molecule has 1 atom stereocenters. The van der Waals surface area contributed by atoms with Crippen molar-refractivity contribution in [2.75, 3.05) is 4.90 Å². The largest absolute Gasteiger partial charge is 0.457 e. The number of benzene rings is 8. The predicted octanol–water partition coefficient (Wildman–Crippen LogP) is 15.0. The Balaban J connectivity index is 1.01. The van der Waals surface area contributed by atoms with E-state index >= 15 is 0 Å². The summed E-state index contributed by atoms with van der Waals surface area (Å²) in [7, 11) is 0. The molecule has 0 radical (unpaired) electrons. The van der Waals surface area contributed by atoms with E-state index in [2.05, 4.69) is 224 Å². The topological polar surface area (TPSA) is 12.5 Å². The predicted molar refractivity (Wildman–Crippen MR) is 240 cm³/mol. The maximum atomic E-state index is 6.61. The molecule has 1 heterocycles. The van der Waals surface area contributed by atoms with Crippen LogP contribution in [0.15, 0.2) is 218 Å². The Morgan fingerprint density at radius 2 is 0.879 bits per heavy atom. The van der Waals surface area contributed by atoms with Gasteiger partial charge in [-0.3, -0.25) is 0 Å². The molecular weight excluding hydrogens is 703 g/mol. The molecule has 2 heteroatoms. The van der Waals surface area contributed by atoms with Crippen LogP contribution in [0.2, 0.25) is 0 Å². The fourth-order valence-electron chi connectivity index (χ4n) is 9.60. The first-order chi connectivity index (χ1) is 28.6. The molecule has 0 saturated carbocycles. The number of allylic oxidation sites excluding steroid dienone is 4. The van der Waals surface area contributed by atoms with Crippen LogP contribution in [0.1, 0.15) is 35.6 Å². The first kappa shape index (κ1) is 34.1. The highest BCUT2D eigenvalue weighted by atomic mass is 16.5. The van der Waals surface area contributed by atoms with Crippen LogP contribution >= 0.6 is 0 Å². The monoisotopic (exact) mass is 743 g/mol. The lowest BCUT2D eigenvalue weighted by atomic mass is 9.64. The molecule has 8 aromatic rings. The Morgan fingerprint density at radius 3 is 1.40 bits per heavy atom. The molecule has 0 fully saturated rings. The lowest BCUT2D eigenvalue weighted by molar-refractivity contribution is 0.435. The van der Waals surface area contributed by atoms with Crippen LogP contribution in [0.5, 0.6) is 11.5 Å². The third-order valence-corrected chi connectivity index (χ3v) is 12.3. The van der Waals surface area contributed by atoms with Crippen LogP contribution in [-0.4, -0.2) is 0 Å². The minimum absolute atomic E-state index is 0.461. The smallest absolute Gasteiger partial charge is 0.132 e. The quantitative estimate of drug-likeness (QED) is 0.168. The standard InChI is InChI=1S/C56H41NO/c1-38-20-35-50-49(36-38)48-34-27-44(37-53(48)56(50)51-16-8-10-18-54(51)58-55-19-11-9-17-52(55)56)43-25-32-47(33-26-43)57(45-28-21-41(22-29-45)39-12-4-2-5-13-39)46-30-23-42(24-31-46)40-14-6-3-7-15-40/h2-35,37-38H,36H2,1H3. The Labute approximate surface area is 340 Å². The van der Waals surface area contributed by atoms with Crippen LogP contribution in [0.25, 0.3) is 39.0 Å². The second-order valence-corrected chi connectivity index (χ2v) is 15.7. The van der Waals surface area contributed by atoms with E-state index in [-0.39, 0.29) is 0 Å². The molecule has 0 saturated heterocycles. The third-order valence-electron chi connectivity index (χ3n) is 12.3. The first-order valence-electron chi connectivity index (χ1n) is 20.3. The van der Waals surface area contributed by atoms with Crippen LogP contribution in [0.4, 0.5) is 17.1 Å². The highest BCUT2D eigenvalue weighted by Crippen LogP contribution is 2.63. The second kappa shape index (κ2) is 13.8. The summed E-state index contributed by atoms with van der Waals surface area (Å²) in [6.45, 7) is 2.32. The normalized spacial score (nSPS) is 15.6. The number of para-hydroxylation sites is 2. The minimum atomic E-state index is -0.461. The Kier molecular flexibility index (Phi) is 8.11. The van der Waals surface area contributed by atoms with E-state index in [1.54, 1.807) is 0 Å². The van der Waals surface area contributed by atoms with Gasteiger partial charge >= 0.3 is 0 Å². The molecule has 2 nitrogen and oxygen atoms in total. The van der Waals surface area contributed by atoms with Crippen molar-refractivity contribution in [2.45, 2.75) is 18.8 Å². The zero-order valence-corrected chi connectivity index (χ0v) is 32.3. The molecule has 276 valence electrons. The van der Waals surface area contributed by atoms with E-state index in [1.807, 2.05) is 0 Å². The maximum absolute atomic E-state index is 6.61. The molecule has 1 spiro atoms. The fourth-order valence-corrected chi connectivity index (χ4v) is 9.60.